The molecule has 0 saturated carbocycles. The second-order valence-corrected chi connectivity index (χ2v) is 5.64. The van der Waals surface area contributed by atoms with Gasteiger partial charge in [0.25, 0.3) is 5.91 Å². The number of benzene rings is 2. The van der Waals surface area contributed by atoms with E-state index in [4.69, 9.17) is 4.74 Å². The fourth-order valence-electron chi connectivity index (χ4n) is 3.04. The lowest BCUT2D eigenvalue weighted by Crippen LogP contribution is -2.35. The minimum atomic E-state index is -0.995. The van der Waals surface area contributed by atoms with Crippen LogP contribution in [0.2, 0.25) is 0 Å². The molecule has 5 nitrogen and oxygen atoms in total. The van der Waals surface area contributed by atoms with E-state index in [1.807, 2.05) is 30.3 Å². The average molecular weight is 323 g/mol. The number of nitrogens with zero attached hydrogens (tertiary/aromatic N) is 1. The molecule has 122 valence electrons. The molecular formula is C19H17NO4. The molecule has 1 saturated heterocycles. The Bertz CT molecular complexity index is 757. The van der Waals surface area contributed by atoms with E-state index < -0.39 is 29.6 Å². The Morgan fingerprint density at radius 1 is 1.00 bits per heavy atom. The van der Waals surface area contributed by atoms with Crippen molar-refractivity contribution >= 4 is 17.8 Å². The highest BCUT2D eigenvalue weighted by atomic mass is 16.5. The smallest absolute Gasteiger partial charge is 0.318 e. The van der Waals surface area contributed by atoms with Crippen LogP contribution in [0.25, 0.3) is 0 Å². The first kappa shape index (κ1) is 15.9. The lowest BCUT2D eigenvalue weighted by Gasteiger charge is -2.15. The third-order valence-electron chi connectivity index (χ3n) is 4.26. The molecule has 2 aromatic carbocycles. The van der Waals surface area contributed by atoms with E-state index in [9.17, 15) is 14.4 Å². The molecule has 1 heterocycles. The summed E-state index contributed by atoms with van der Waals surface area (Å²) in [5.74, 6) is -2.92. The fourth-order valence-corrected chi connectivity index (χ4v) is 3.04. The summed E-state index contributed by atoms with van der Waals surface area (Å²) in [4.78, 5) is 38.6. The number of carbonyl (C=O) groups excluding carboxylic acids is 3. The number of methoxy groups -OCH3 is 1. The Morgan fingerprint density at radius 3 is 2.17 bits per heavy atom. The van der Waals surface area contributed by atoms with Crippen LogP contribution in [0.4, 0.5) is 0 Å². The molecule has 0 radical (unpaired) electrons. The second-order valence-electron chi connectivity index (χ2n) is 5.64. The topological polar surface area (TPSA) is 63.7 Å². The summed E-state index contributed by atoms with van der Waals surface area (Å²) in [5, 5.41) is 0. The van der Waals surface area contributed by atoms with Crippen molar-refractivity contribution in [3.8, 4) is 0 Å². The zero-order chi connectivity index (χ0) is 17.1. The summed E-state index contributed by atoms with van der Waals surface area (Å²) in [7, 11) is 1.25. The zero-order valence-corrected chi connectivity index (χ0v) is 13.2. The number of carbonyl (C=O) groups is 3. The number of ether oxygens (including phenoxy) is 1. The van der Waals surface area contributed by atoms with Gasteiger partial charge in [-0.1, -0.05) is 48.5 Å². The van der Waals surface area contributed by atoms with Gasteiger partial charge in [-0.3, -0.25) is 19.3 Å². The Labute approximate surface area is 139 Å². The molecule has 0 aromatic heterocycles. The standard InChI is InChI=1S/C19H17NO4/c1-24-19(23)16-15(13-8-4-2-5-9-13)12-20(18(16)22)17(21)14-10-6-3-7-11-14/h2-11,15-16H,12H2,1H3/t15-,16-/m1/s1. The summed E-state index contributed by atoms with van der Waals surface area (Å²) in [5.41, 5.74) is 1.26. The van der Waals surface area contributed by atoms with E-state index in [-0.39, 0.29) is 6.54 Å². The summed E-state index contributed by atoms with van der Waals surface area (Å²) in [6, 6.07) is 17.8. The van der Waals surface area contributed by atoms with Gasteiger partial charge in [0.2, 0.25) is 5.91 Å². The van der Waals surface area contributed by atoms with Crippen molar-refractivity contribution in [2.45, 2.75) is 5.92 Å². The van der Waals surface area contributed by atoms with Gasteiger partial charge in [0.05, 0.1) is 7.11 Å². The van der Waals surface area contributed by atoms with Crippen molar-refractivity contribution in [1.29, 1.82) is 0 Å². The van der Waals surface area contributed by atoms with Gasteiger partial charge >= 0.3 is 5.97 Å². The predicted octanol–water partition coefficient (Wildman–Crippen LogP) is 2.24. The monoisotopic (exact) mass is 323 g/mol. The number of esters is 1. The van der Waals surface area contributed by atoms with E-state index in [0.717, 1.165) is 10.5 Å². The SMILES string of the molecule is COC(=O)[C@H]1C(=O)N(C(=O)c2ccccc2)C[C@@H]1c1ccccc1. The van der Waals surface area contributed by atoms with E-state index >= 15 is 0 Å². The van der Waals surface area contributed by atoms with Crippen LogP contribution in [0.1, 0.15) is 21.8 Å². The van der Waals surface area contributed by atoms with Crippen molar-refractivity contribution in [3.63, 3.8) is 0 Å². The van der Waals surface area contributed by atoms with E-state index in [2.05, 4.69) is 0 Å². The van der Waals surface area contributed by atoms with E-state index in [1.165, 1.54) is 7.11 Å². The summed E-state index contributed by atoms with van der Waals surface area (Å²) >= 11 is 0. The van der Waals surface area contributed by atoms with Crippen LogP contribution >= 0.6 is 0 Å². The van der Waals surface area contributed by atoms with Gasteiger partial charge in [0.15, 0.2) is 0 Å². The van der Waals surface area contributed by atoms with E-state index in [0.29, 0.717) is 5.56 Å². The Hall–Kier alpha value is -2.95. The highest BCUT2D eigenvalue weighted by molar-refractivity contribution is 6.12. The van der Waals surface area contributed by atoms with Crippen molar-refractivity contribution in [2.75, 3.05) is 13.7 Å². The zero-order valence-electron chi connectivity index (χ0n) is 13.2. The van der Waals surface area contributed by atoms with Gasteiger partial charge in [-0.15, -0.1) is 0 Å². The van der Waals surface area contributed by atoms with Crippen LogP contribution in [0.3, 0.4) is 0 Å². The van der Waals surface area contributed by atoms with Crippen LogP contribution in [-0.2, 0) is 14.3 Å². The highest BCUT2D eigenvalue weighted by Crippen LogP contribution is 2.35. The Kier molecular flexibility index (Phi) is 4.42. The fraction of sp³-hybridized carbons (Fsp3) is 0.211. The maximum Gasteiger partial charge on any atom is 0.318 e. The minimum Gasteiger partial charge on any atom is -0.468 e. The van der Waals surface area contributed by atoms with Crippen molar-refractivity contribution in [2.24, 2.45) is 5.92 Å². The molecule has 1 aliphatic heterocycles. The third-order valence-corrected chi connectivity index (χ3v) is 4.26. The van der Waals surface area contributed by atoms with E-state index in [1.54, 1.807) is 30.3 Å². The van der Waals surface area contributed by atoms with Gasteiger partial charge in [0.1, 0.15) is 5.92 Å². The molecular weight excluding hydrogens is 306 g/mol. The lowest BCUT2D eigenvalue weighted by molar-refractivity contribution is -0.150. The van der Waals surface area contributed by atoms with Crippen LogP contribution in [0.15, 0.2) is 60.7 Å². The molecule has 1 aliphatic rings. The lowest BCUT2D eigenvalue weighted by atomic mass is 9.89. The molecule has 2 aromatic rings. The van der Waals surface area contributed by atoms with Gasteiger partial charge in [-0.05, 0) is 17.7 Å². The molecule has 0 bridgehead atoms. The van der Waals surface area contributed by atoms with Gasteiger partial charge < -0.3 is 4.74 Å². The summed E-state index contributed by atoms with van der Waals surface area (Å²) in [6.07, 6.45) is 0. The molecule has 24 heavy (non-hydrogen) atoms. The molecule has 0 spiro atoms. The summed E-state index contributed by atoms with van der Waals surface area (Å²) < 4.78 is 4.79. The van der Waals surface area contributed by atoms with Crippen LogP contribution in [0, 0.1) is 5.92 Å². The van der Waals surface area contributed by atoms with Crippen LogP contribution < -0.4 is 0 Å². The average Bonchev–Trinajstić information content (AvgIpc) is 2.99. The molecule has 5 heteroatoms. The number of amides is 2. The maximum absolute atomic E-state index is 12.7. The number of rotatable bonds is 3. The number of hydrogen-bond donors (Lipinski definition) is 0. The van der Waals surface area contributed by atoms with Crippen molar-refractivity contribution in [1.82, 2.24) is 4.90 Å². The number of imide groups is 1. The molecule has 3 rings (SSSR count). The predicted molar refractivity (Wildman–Crippen MR) is 87.2 cm³/mol. The molecule has 2 atom stereocenters. The number of likely N-dealkylation sites (tertiary alicyclic amines) is 1. The van der Waals surface area contributed by atoms with Crippen molar-refractivity contribution < 1.29 is 19.1 Å². The first-order valence-electron chi connectivity index (χ1n) is 7.67. The third kappa shape index (κ3) is 2.80. The summed E-state index contributed by atoms with van der Waals surface area (Å²) in [6.45, 7) is 0.163. The van der Waals surface area contributed by atoms with Crippen molar-refractivity contribution in [3.05, 3.63) is 71.8 Å². The minimum absolute atomic E-state index is 0.163. The van der Waals surface area contributed by atoms with Crippen LogP contribution in [0.5, 0.6) is 0 Å². The quantitative estimate of drug-likeness (QED) is 0.494. The molecule has 0 aliphatic carbocycles. The van der Waals surface area contributed by atoms with Crippen LogP contribution in [-0.4, -0.2) is 36.3 Å². The maximum atomic E-state index is 12.7. The Balaban J connectivity index is 1.95. The number of hydrogen-bond acceptors (Lipinski definition) is 4. The largest absolute Gasteiger partial charge is 0.468 e. The van der Waals surface area contributed by atoms with Gasteiger partial charge in [-0.25, -0.2) is 0 Å². The molecule has 1 fully saturated rings. The normalized spacial score (nSPS) is 20.0. The highest BCUT2D eigenvalue weighted by Gasteiger charge is 2.48. The Morgan fingerprint density at radius 2 is 1.58 bits per heavy atom. The van der Waals surface area contributed by atoms with Gasteiger partial charge in [-0.2, -0.15) is 0 Å². The molecule has 0 unspecified atom stereocenters. The first-order valence-corrected chi connectivity index (χ1v) is 7.67. The van der Waals surface area contributed by atoms with Gasteiger partial charge in [0, 0.05) is 18.0 Å². The second kappa shape index (κ2) is 6.66. The first-order chi connectivity index (χ1) is 11.6. The molecule has 2 amide bonds. The molecule has 0 N–H and O–H groups in total.